The van der Waals surface area contributed by atoms with Gasteiger partial charge in [-0.25, -0.2) is 0 Å². The molecule has 0 fully saturated rings. The fraction of sp³-hybridized carbons (Fsp3) is 0.571. The normalized spacial score (nSPS) is 19.4. The molecule has 0 saturated carbocycles. The molecule has 2 N–H and O–H groups in total. The number of allylic oxidation sites excluding steroid dienone is 2. The summed E-state index contributed by atoms with van der Waals surface area (Å²) in [6.07, 6.45) is 2.72. The van der Waals surface area contributed by atoms with Gasteiger partial charge in [0, 0.05) is 6.42 Å². The molecule has 0 unspecified atom stereocenters. The largest absolute Gasteiger partial charge is 0.482 e. The maximum absolute atomic E-state index is 10.9. The van der Waals surface area contributed by atoms with Crippen molar-refractivity contribution in [1.29, 1.82) is 0 Å². The van der Waals surface area contributed by atoms with Crippen LogP contribution in [-0.4, -0.2) is 23.5 Å². The lowest BCUT2D eigenvalue weighted by Crippen LogP contribution is -2.04. The summed E-state index contributed by atoms with van der Waals surface area (Å²) in [7, 11) is 0. The third-order valence-corrected chi connectivity index (χ3v) is 2.31. The Morgan fingerprint density at radius 3 is 2.08 bits per heavy atom. The van der Waals surface area contributed by atoms with Crippen LogP contribution in [-0.2, 0) is 4.79 Å². The lowest BCUT2D eigenvalue weighted by molar-refractivity contribution is -0.115. The van der Waals surface area contributed by atoms with E-state index in [0.717, 1.165) is 3.58 Å². The second-order valence-electron chi connectivity index (χ2n) is 3.20. The molecular weight excluding hydrogens is 270 g/mol. The summed E-state index contributed by atoms with van der Waals surface area (Å²) in [4.78, 5) is 10.9. The molecular formula is C7H11BIO3. The van der Waals surface area contributed by atoms with Gasteiger partial charge in [0.05, 0.1) is 3.58 Å². The Bertz CT molecular complexity index is 201. The van der Waals surface area contributed by atoms with Gasteiger partial charge in [0.25, 0.3) is 0 Å². The average Bonchev–Trinajstić information content (AvgIpc) is 2.06. The van der Waals surface area contributed by atoms with Crippen molar-refractivity contribution in [1.82, 2.24) is 0 Å². The van der Waals surface area contributed by atoms with Crippen molar-refractivity contribution in [3.8, 4) is 0 Å². The van der Waals surface area contributed by atoms with E-state index in [1.165, 1.54) is 0 Å². The molecule has 1 rings (SSSR count). The van der Waals surface area contributed by atoms with Gasteiger partial charge in [-0.2, -0.15) is 0 Å². The van der Waals surface area contributed by atoms with Crippen molar-refractivity contribution >= 4 is 36.1 Å². The van der Waals surface area contributed by atoms with Gasteiger partial charge >= 0.3 is 7.69 Å². The van der Waals surface area contributed by atoms with Crippen LogP contribution < -0.4 is 0 Å². The van der Waals surface area contributed by atoms with Crippen LogP contribution in [0.2, 0.25) is 0 Å². The van der Waals surface area contributed by atoms with E-state index in [9.17, 15) is 4.79 Å². The van der Waals surface area contributed by atoms with E-state index >= 15 is 0 Å². The maximum Gasteiger partial charge on any atom is 0.482 e. The monoisotopic (exact) mass is 281 g/mol. The van der Waals surface area contributed by atoms with Crippen LogP contribution in [0, 0.1) is 5.41 Å². The highest BCUT2D eigenvalue weighted by molar-refractivity contribution is 14.1. The number of halogens is 1. The Hall–Kier alpha value is 0.125. The summed E-state index contributed by atoms with van der Waals surface area (Å²) in [5.74, 6) is 0.292. The van der Waals surface area contributed by atoms with Crippen molar-refractivity contribution in [3.05, 3.63) is 9.66 Å². The molecule has 0 aromatic rings. The lowest BCUT2D eigenvalue weighted by Gasteiger charge is -2.10. The van der Waals surface area contributed by atoms with Gasteiger partial charge in [-0.15, -0.1) is 0 Å². The Labute approximate surface area is 86.3 Å². The zero-order chi connectivity index (χ0) is 9.78. The molecule has 0 heterocycles. The zero-order valence-electron chi connectivity index (χ0n) is 7.04. The molecule has 1 aliphatic rings. The molecule has 1 aliphatic carbocycles. The summed E-state index contributed by atoms with van der Waals surface area (Å²) >= 11 is 2.09. The Balaban J connectivity index is 0.000000354. The number of hydrogen-bond acceptors (Lipinski definition) is 3. The smallest absolute Gasteiger partial charge is 0.429 e. The molecule has 0 bridgehead atoms. The SMILES string of the molecule is CC1(C)C=C(I)C(=O)C1.O[B]O. The first-order valence-corrected chi connectivity index (χ1v) is 4.52. The van der Waals surface area contributed by atoms with Crippen LogP contribution in [0.25, 0.3) is 0 Å². The van der Waals surface area contributed by atoms with Gasteiger partial charge in [-0.3, -0.25) is 4.79 Å². The van der Waals surface area contributed by atoms with Gasteiger partial charge in [-0.05, 0) is 28.0 Å². The Morgan fingerprint density at radius 2 is 2.00 bits per heavy atom. The molecule has 5 heteroatoms. The minimum Gasteiger partial charge on any atom is -0.429 e. The van der Waals surface area contributed by atoms with Crippen molar-refractivity contribution in [2.45, 2.75) is 20.3 Å². The van der Waals surface area contributed by atoms with Crippen LogP contribution in [0.1, 0.15) is 20.3 Å². The Morgan fingerprint density at radius 1 is 1.58 bits per heavy atom. The second kappa shape index (κ2) is 4.99. The van der Waals surface area contributed by atoms with Gasteiger partial charge in [0.15, 0.2) is 5.78 Å². The molecule has 0 saturated heterocycles. The summed E-state index contributed by atoms with van der Waals surface area (Å²) in [6, 6.07) is 0. The molecule has 1 radical (unpaired) electrons. The molecule has 0 spiro atoms. The van der Waals surface area contributed by atoms with Crippen molar-refractivity contribution in [2.24, 2.45) is 5.41 Å². The van der Waals surface area contributed by atoms with Gasteiger partial charge in [0.1, 0.15) is 0 Å². The topological polar surface area (TPSA) is 57.5 Å². The molecule has 3 nitrogen and oxygen atoms in total. The first-order valence-electron chi connectivity index (χ1n) is 3.44. The first kappa shape index (κ1) is 12.1. The number of carbonyl (C=O) groups excluding carboxylic acids is 1. The van der Waals surface area contributed by atoms with E-state index in [1.54, 1.807) is 0 Å². The molecule has 0 aromatic carbocycles. The second-order valence-corrected chi connectivity index (χ2v) is 4.36. The summed E-state index contributed by atoms with van der Waals surface area (Å²) in [5, 5.41) is 14.0. The Kier molecular flexibility index (Phi) is 5.04. The maximum atomic E-state index is 10.9. The number of rotatable bonds is 0. The minimum atomic E-state index is 0. The van der Waals surface area contributed by atoms with Crippen LogP contribution in [0.5, 0.6) is 0 Å². The highest BCUT2D eigenvalue weighted by Gasteiger charge is 2.28. The highest BCUT2D eigenvalue weighted by Crippen LogP contribution is 2.34. The summed E-state index contributed by atoms with van der Waals surface area (Å²) in [6.45, 7) is 4.16. The molecule has 0 amide bonds. The fourth-order valence-corrected chi connectivity index (χ4v) is 2.01. The first-order chi connectivity index (χ1) is 5.43. The molecule has 0 atom stereocenters. The van der Waals surface area contributed by atoms with E-state index in [1.807, 2.05) is 6.08 Å². The number of Topliss-reactive ketones (excluding diaryl/α,β-unsaturated/α-hetero) is 1. The molecule has 0 aromatic heterocycles. The number of hydrogen-bond donors (Lipinski definition) is 2. The average molecular weight is 281 g/mol. The zero-order valence-corrected chi connectivity index (χ0v) is 9.20. The van der Waals surface area contributed by atoms with Crippen molar-refractivity contribution < 1.29 is 14.8 Å². The molecule has 12 heavy (non-hydrogen) atoms. The predicted octanol–water partition coefficient (Wildman–Crippen LogP) is 0.810. The minimum absolute atomic E-state index is 0. The fourth-order valence-electron chi connectivity index (χ4n) is 0.973. The van der Waals surface area contributed by atoms with Crippen LogP contribution in [0.4, 0.5) is 0 Å². The highest BCUT2D eigenvalue weighted by atomic mass is 127. The standard InChI is InChI=1S/C7H9IO.BH2O2/c1-7(2)3-5(8)6(9)4-7;2-1-3/h3H,4H2,1-2H3;2-3H. The van der Waals surface area contributed by atoms with Crippen molar-refractivity contribution in [3.63, 3.8) is 0 Å². The summed E-state index contributed by atoms with van der Waals surface area (Å²) < 4.78 is 0.901. The third-order valence-electron chi connectivity index (χ3n) is 1.40. The summed E-state index contributed by atoms with van der Waals surface area (Å²) in [5.41, 5.74) is 0.119. The number of carbonyl (C=O) groups is 1. The lowest BCUT2D eigenvalue weighted by atomic mass is 9.93. The van der Waals surface area contributed by atoms with Crippen LogP contribution >= 0.6 is 22.6 Å². The third kappa shape index (κ3) is 4.23. The predicted molar refractivity (Wildman–Crippen MR) is 55.7 cm³/mol. The van der Waals surface area contributed by atoms with Crippen LogP contribution in [0.3, 0.4) is 0 Å². The van der Waals surface area contributed by atoms with E-state index in [4.69, 9.17) is 10.0 Å². The quantitative estimate of drug-likeness (QED) is 0.510. The van der Waals surface area contributed by atoms with Gasteiger partial charge in [-0.1, -0.05) is 19.9 Å². The van der Waals surface area contributed by atoms with Crippen LogP contribution in [0.15, 0.2) is 9.66 Å². The molecule has 0 aliphatic heterocycles. The van der Waals surface area contributed by atoms with E-state index in [-0.39, 0.29) is 13.1 Å². The van der Waals surface area contributed by atoms with Gasteiger partial charge < -0.3 is 10.0 Å². The van der Waals surface area contributed by atoms with E-state index < -0.39 is 0 Å². The molecule has 67 valence electrons. The number of ketones is 1. The van der Waals surface area contributed by atoms with E-state index in [0.29, 0.717) is 12.2 Å². The van der Waals surface area contributed by atoms with Crippen molar-refractivity contribution in [2.75, 3.05) is 0 Å². The van der Waals surface area contributed by atoms with Gasteiger partial charge in [0.2, 0.25) is 0 Å². The van der Waals surface area contributed by atoms with E-state index in [2.05, 4.69) is 36.4 Å².